The summed E-state index contributed by atoms with van der Waals surface area (Å²) in [6, 6.07) is 11.1. The van der Waals surface area contributed by atoms with Gasteiger partial charge in [-0.1, -0.05) is 43.7 Å². The molecule has 0 saturated heterocycles. The van der Waals surface area contributed by atoms with Gasteiger partial charge < -0.3 is 9.94 Å². The topological polar surface area (TPSA) is 158 Å². The molecular formula is C31H39F3N6O7S. The van der Waals surface area contributed by atoms with E-state index in [-0.39, 0.29) is 33.6 Å². The molecule has 2 atom stereocenters. The molecule has 1 N–H and O–H groups in total. The Labute approximate surface area is 276 Å². The first-order chi connectivity index (χ1) is 22.1. The number of nitrogens with zero attached hydrogens (tertiary/aromatic N) is 5. The summed E-state index contributed by atoms with van der Waals surface area (Å²) < 4.78 is 75.2. The summed E-state index contributed by atoms with van der Waals surface area (Å²) in [5.41, 5.74) is -0.347. The van der Waals surface area contributed by atoms with E-state index >= 15 is 0 Å². The van der Waals surface area contributed by atoms with Crippen molar-refractivity contribution in [1.29, 1.82) is 0 Å². The predicted octanol–water partition coefficient (Wildman–Crippen LogP) is 5.76. The van der Waals surface area contributed by atoms with Gasteiger partial charge in [-0.25, -0.2) is 17.8 Å². The average molecular weight is 697 g/mol. The predicted molar refractivity (Wildman–Crippen MR) is 167 cm³/mol. The summed E-state index contributed by atoms with van der Waals surface area (Å²) in [4.78, 5) is 29.8. The van der Waals surface area contributed by atoms with E-state index in [2.05, 4.69) is 10.4 Å². The minimum atomic E-state index is -4.73. The van der Waals surface area contributed by atoms with Crippen LogP contribution in [0, 0.1) is 23.5 Å². The van der Waals surface area contributed by atoms with Gasteiger partial charge >= 0.3 is 12.1 Å². The molecule has 1 aromatic heterocycles. The third kappa shape index (κ3) is 9.68. The van der Waals surface area contributed by atoms with Gasteiger partial charge in [-0.2, -0.15) is 18.3 Å². The van der Waals surface area contributed by atoms with Crippen molar-refractivity contribution in [2.75, 3.05) is 7.05 Å². The first kappa shape index (κ1) is 37.8. The molecule has 3 aromatic rings. The second-order valence-corrected chi connectivity index (χ2v) is 14.2. The van der Waals surface area contributed by atoms with E-state index in [1.54, 1.807) is 58.9 Å². The van der Waals surface area contributed by atoms with Crippen LogP contribution in [0.4, 0.5) is 13.2 Å². The quantitative estimate of drug-likeness (QED) is 0.0817. The molecule has 1 unspecified atom stereocenters. The summed E-state index contributed by atoms with van der Waals surface area (Å²) >= 11 is 0. The number of nitrogens with one attached hydrogen (secondary N) is 1. The molecule has 13 nitrogen and oxygen atoms in total. The zero-order valence-corrected chi connectivity index (χ0v) is 28.6. The van der Waals surface area contributed by atoms with E-state index in [1.807, 2.05) is 11.6 Å². The molecular weight excluding hydrogens is 657 g/mol. The molecule has 3 rings (SSSR count). The monoisotopic (exact) mass is 696 g/mol. The minimum absolute atomic E-state index is 0.0300. The number of ether oxygens (including phenoxy) is 1. The number of benzene rings is 2. The fraction of sp³-hybridized carbons (Fsp3) is 0.452. The maximum absolute atomic E-state index is 13.6. The van der Waals surface area contributed by atoms with Crippen LogP contribution in [-0.4, -0.2) is 59.4 Å². The number of alkyl halides is 3. The highest BCUT2D eigenvalue weighted by molar-refractivity contribution is 7.90. The third-order valence-corrected chi connectivity index (χ3v) is 8.21. The fourth-order valence-corrected chi connectivity index (χ4v) is 5.19. The second-order valence-electron chi connectivity index (χ2n) is 12.5. The van der Waals surface area contributed by atoms with Gasteiger partial charge in [0.1, 0.15) is 0 Å². The zero-order chi connectivity index (χ0) is 36.2. The number of aromatic nitrogens is 2. The van der Waals surface area contributed by atoms with E-state index in [0.717, 1.165) is 33.5 Å². The Bertz CT molecular complexity index is 1730. The van der Waals surface area contributed by atoms with Gasteiger partial charge in [-0.3, -0.25) is 14.4 Å². The van der Waals surface area contributed by atoms with Crippen molar-refractivity contribution >= 4 is 21.9 Å². The first-order valence-corrected chi connectivity index (χ1v) is 16.3. The fourth-order valence-electron chi connectivity index (χ4n) is 4.18. The molecule has 0 aliphatic carbocycles. The Morgan fingerprint density at radius 3 is 2.17 bits per heavy atom. The molecule has 1 amide bonds. The van der Waals surface area contributed by atoms with Crippen molar-refractivity contribution in [3.05, 3.63) is 71.1 Å². The Balaban J connectivity index is 1.83. The summed E-state index contributed by atoms with van der Waals surface area (Å²) in [6.07, 6.45) is -5.94. The number of esters is 1. The number of sulfonamides is 1. The smallest absolute Gasteiger partial charge is 0.435 e. The number of carbonyl (C=O) groups excluding carboxylic acids is 2. The van der Waals surface area contributed by atoms with Crippen molar-refractivity contribution in [3.63, 3.8) is 0 Å². The van der Waals surface area contributed by atoms with Crippen LogP contribution in [0.2, 0.25) is 0 Å². The summed E-state index contributed by atoms with van der Waals surface area (Å²) in [5, 5.41) is 20.5. The van der Waals surface area contributed by atoms with E-state index in [1.165, 1.54) is 26.1 Å². The third-order valence-electron chi connectivity index (χ3n) is 6.84. The molecule has 0 fully saturated rings. The molecule has 48 heavy (non-hydrogen) atoms. The number of hydrazine groups is 1. The lowest BCUT2D eigenvalue weighted by Crippen LogP contribution is -2.49. The number of aryl methyl sites for hydroxylation is 1. The van der Waals surface area contributed by atoms with Crippen LogP contribution in [0.3, 0.4) is 0 Å². The molecule has 0 saturated carbocycles. The Kier molecular flexibility index (Phi) is 11.5. The number of carbonyl (C=O) groups is 2. The van der Waals surface area contributed by atoms with Gasteiger partial charge in [0.15, 0.2) is 11.7 Å². The van der Waals surface area contributed by atoms with Crippen molar-refractivity contribution < 1.29 is 45.7 Å². The van der Waals surface area contributed by atoms with Crippen LogP contribution < -0.4 is 4.72 Å². The Morgan fingerprint density at radius 1 is 1.06 bits per heavy atom. The van der Waals surface area contributed by atoms with Crippen LogP contribution in [0.25, 0.3) is 16.9 Å². The number of hydrogen-bond donors (Lipinski definition) is 1. The van der Waals surface area contributed by atoms with E-state index < -0.39 is 51.5 Å². The van der Waals surface area contributed by atoms with Gasteiger partial charge in [0.25, 0.3) is 22.2 Å². The van der Waals surface area contributed by atoms with E-state index in [4.69, 9.17) is 9.57 Å². The van der Waals surface area contributed by atoms with Crippen LogP contribution in [0.1, 0.15) is 59.2 Å². The highest BCUT2D eigenvalue weighted by Crippen LogP contribution is 2.33. The molecule has 0 spiro atoms. The van der Waals surface area contributed by atoms with Gasteiger partial charge in [0.2, 0.25) is 5.28 Å². The lowest BCUT2D eigenvalue weighted by atomic mass is 9.97. The van der Waals surface area contributed by atoms with Gasteiger partial charge in [0, 0.05) is 12.5 Å². The van der Waals surface area contributed by atoms with Crippen LogP contribution in [-0.2, 0) is 35.4 Å². The second kappa shape index (κ2) is 14.6. The molecule has 0 aliphatic heterocycles. The van der Waals surface area contributed by atoms with E-state index in [9.17, 15) is 36.4 Å². The maximum atomic E-state index is 13.6. The number of rotatable bonds is 12. The standard InChI is InChI=1S/C31H39F3N6O7S/c1-19(2)17-26(38(8)40(43)37-47-21(4)46-29(42)30(5,6)7)28(41)36-48(44,45)24-15-13-23(14-16-24)39-25(18-27(35-39)31(32,33)34)22-11-9-20(3)10-12-22/h9-16,18-19,21,26H,17H2,1-8H3,(H,36,41)/t21?,26-/m0/s1. The Morgan fingerprint density at radius 2 is 1.65 bits per heavy atom. The zero-order valence-electron chi connectivity index (χ0n) is 27.8. The first-order valence-electron chi connectivity index (χ1n) is 14.8. The van der Waals surface area contributed by atoms with Gasteiger partial charge in [-0.15, -0.1) is 5.01 Å². The number of halogens is 3. The number of amides is 1. The largest absolute Gasteiger partial charge is 0.569 e. The van der Waals surface area contributed by atoms with Crippen molar-refractivity contribution in [1.82, 2.24) is 19.5 Å². The molecule has 262 valence electrons. The molecule has 17 heteroatoms. The molecule has 0 bridgehead atoms. The summed E-state index contributed by atoms with van der Waals surface area (Å²) in [6.45, 7) is 11.5. The van der Waals surface area contributed by atoms with Gasteiger partial charge in [-0.05, 0) is 70.4 Å². The normalized spacial score (nSPS) is 14.0. The average Bonchev–Trinajstić information content (AvgIpc) is 3.44. The minimum Gasteiger partial charge on any atom is -0.569 e. The van der Waals surface area contributed by atoms with Crippen LogP contribution in [0.15, 0.2) is 64.8 Å². The highest BCUT2D eigenvalue weighted by Gasteiger charge is 2.36. The van der Waals surface area contributed by atoms with Crippen molar-refractivity contribution in [3.8, 4) is 16.9 Å². The van der Waals surface area contributed by atoms with Crippen molar-refractivity contribution in [2.24, 2.45) is 16.6 Å². The lowest BCUT2D eigenvalue weighted by Gasteiger charge is -2.24. The van der Waals surface area contributed by atoms with Crippen LogP contribution >= 0.6 is 0 Å². The number of likely N-dealkylation sites (N-methyl/N-ethyl adjacent to an activating group) is 1. The van der Waals surface area contributed by atoms with E-state index in [0.29, 0.717) is 5.56 Å². The molecule has 2 aromatic carbocycles. The molecule has 1 heterocycles. The Hall–Kier alpha value is -4.67. The van der Waals surface area contributed by atoms with Crippen LogP contribution in [0.5, 0.6) is 0 Å². The maximum Gasteiger partial charge on any atom is 0.435 e. The highest BCUT2D eigenvalue weighted by atomic mass is 32.2. The SMILES string of the molecule is Cc1ccc(-c2cc(C(F)(F)F)nn2-c2ccc(S(=O)(=O)NC(=O)[C@H](CC(C)C)N(C)[N+]([O-])=NOC(C)OC(=O)C(C)(C)C)cc2)cc1. The molecule has 0 aliphatic rings. The molecule has 0 radical (unpaired) electrons. The number of hydrogen-bond acceptors (Lipinski definition) is 9. The summed E-state index contributed by atoms with van der Waals surface area (Å²) in [5.74, 6) is -1.83. The summed E-state index contributed by atoms with van der Waals surface area (Å²) in [7, 11) is -3.31. The van der Waals surface area contributed by atoms with Crippen molar-refractivity contribution in [2.45, 2.75) is 78.3 Å². The van der Waals surface area contributed by atoms with Gasteiger partial charge in [0.05, 0.1) is 33.7 Å². The lowest BCUT2D eigenvalue weighted by molar-refractivity contribution is -0.712.